The van der Waals surface area contributed by atoms with Gasteiger partial charge in [-0.25, -0.2) is 0 Å². The van der Waals surface area contributed by atoms with E-state index in [1.165, 1.54) is 9.75 Å². The second-order valence-corrected chi connectivity index (χ2v) is 7.59. The van der Waals surface area contributed by atoms with Crippen LogP contribution in [-0.4, -0.2) is 11.1 Å². The van der Waals surface area contributed by atoms with Crippen LogP contribution in [-0.2, 0) is 22.0 Å². The molecule has 0 aliphatic rings. The minimum absolute atomic E-state index is 0.0128. The maximum Gasteiger partial charge on any atom is 0.307 e. The van der Waals surface area contributed by atoms with Crippen LogP contribution in [0.1, 0.15) is 56.9 Å². The Bertz CT molecular complexity index is 416. The van der Waals surface area contributed by atoms with E-state index in [0.717, 1.165) is 5.56 Å². The molecular formula is C14H22O2S. The quantitative estimate of drug-likeness (QED) is 0.867. The Hall–Kier alpha value is -0.830. The molecule has 1 N–H and O–H groups in total. The highest BCUT2D eigenvalue weighted by Crippen LogP contribution is 2.38. The van der Waals surface area contributed by atoms with Crippen molar-refractivity contribution in [1.29, 1.82) is 0 Å². The minimum Gasteiger partial charge on any atom is -0.481 e. The highest BCUT2D eigenvalue weighted by atomic mass is 32.1. The Kier molecular flexibility index (Phi) is 3.72. The largest absolute Gasteiger partial charge is 0.481 e. The van der Waals surface area contributed by atoms with Crippen molar-refractivity contribution in [3.63, 3.8) is 0 Å². The molecule has 0 amide bonds. The van der Waals surface area contributed by atoms with Crippen molar-refractivity contribution in [1.82, 2.24) is 0 Å². The van der Waals surface area contributed by atoms with E-state index < -0.39 is 5.97 Å². The van der Waals surface area contributed by atoms with Gasteiger partial charge in [-0.1, -0.05) is 41.5 Å². The van der Waals surface area contributed by atoms with Crippen LogP contribution < -0.4 is 0 Å². The van der Waals surface area contributed by atoms with Gasteiger partial charge in [-0.2, -0.15) is 0 Å². The maximum atomic E-state index is 10.9. The van der Waals surface area contributed by atoms with Gasteiger partial charge in [0.25, 0.3) is 0 Å². The van der Waals surface area contributed by atoms with E-state index >= 15 is 0 Å². The summed E-state index contributed by atoms with van der Waals surface area (Å²) in [5.74, 6) is -0.756. The molecule has 1 aromatic heterocycles. The molecule has 1 aromatic rings. The van der Waals surface area contributed by atoms with Gasteiger partial charge in [-0.05, 0) is 22.5 Å². The summed E-state index contributed by atoms with van der Waals surface area (Å²) in [4.78, 5) is 13.4. The molecule has 3 heteroatoms. The number of carboxylic acid groups (broad SMARTS) is 1. The predicted molar refractivity (Wildman–Crippen MR) is 73.1 cm³/mol. The van der Waals surface area contributed by atoms with E-state index in [0.29, 0.717) is 0 Å². The molecule has 0 aliphatic heterocycles. The molecule has 0 fully saturated rings. The first-order chi connectivity index (χ1) is 7.51. The standard InChI is InChI=1S/C14H22O2S/c1-13(2,3)10-7-9(8-11(15)16)12(17-10)14(4,5)6/h7H,8H2,1-6H3,(H,15,16). The molecule has 1 heterocycles. The zero-order valence-electron chi connectivity index (χ0n) is 11.5. The highest BCUT2D eigenvalue weighted by Gasteiger charge is 2.26. The monoisotopic (exact) mass is 254 g/mol. The van der Waals surface area contributed by atoms with Gasteiger partial charge in [-0.3, -0.25) is 4.79 Å². The summed E-state index contributed by atoms with van der Waals surface area (Å²) >= 11 is 1.75. The summed E-state index contributed by atoms with van der Waals surface area (Å²) in [5.41, 5.74) is 1.07. The van der Waals surface area contributed by atoms with Gasteiger partial charge in [0.05, 0.1) is 6.42 Å². The zero-order chi connectivity index (χ0) is 13.4. The van der Waals surface area contributed by atoms with Crippen LogP contribution in [0.25, 0.3) is 0 Å². The van der Waals surface area contributed by atoms with Crippen LogP contribution in [0.5, 0.6) is 0 Å². The van der Waals surface area contributed by atoms with Gasteiger partial charge in [0.2, 0.25) is 0 Å². The molecular weight excluding hydrogens is 232 g/mol. The molecule has 0 unspecified atom stereocenters. The van der Waals surface area contributed by atoms with E-state index in [4.69, 9.17) is 5.11 Å². The molecule has 2 nitrogen and oxygen atoms in total. The topological polar surface area (TPSA) is 37.3 Å². The lowest BCUT2D eigenvalue weighted by Crippen LogP contribution is -2.13. The number of carbonyl (C=O) groups is 1. The van der Waals surface area contributed by atoms with Crippen LogP contribution in [0.2, 0.25) is 0 Å². The predicted octanol–water partition coefficient (Wildman–Crippen LogP) is 3.97. The Morgan fingerprint density at radius 1 is 1.18 bits per heavy atom. The third-order valence-corrected chi connectivity index (χ3v) is 4.60. The first kappa shape index (κ1) is 14.2. The SMILES string of the molecule is CC(C)(C)c1cc(CC(=O)O)c(C(C)(C)C)s1. The lowest BCUT2D eigenvalue weighted by molar-refractivity contribution is -0.136. The van der Waals surface area contributed by atoms with Gasteiger partial charge in [0, 0.05) is 9.75 Å². The van der Waals surface area contributed by atoms with Crippen molar-refractivity contribution >= 4 is 17.3 Å². The summed E-state index contributed by atoms with van der Waals surface area (Å²) in [5, 5.41) is 8.97. The second kappa shape index (κ2) is 4.45. The van der Waals surface area contributed by atoms with Crippen LogP contribution in [0.4, 0.5) is 0 Å². The summed E-state index contributed by atoms with van der Waals surface area (Å²) in [6, 6.07) is 2.07. The molecule has 0 atom stereocenters. The van der Waals surface area contributed by atoms with Crippen molar-refractivity contribution in [3.8, 4) is 0 Å². The van der Waals surface area contributed by atoms with E-state index in [-0.39, 0.29) is 17.3 Å². The summed E-state index contributed by atoms with van der Waals surface area (Å²) in [7, 11) is 0. The summed E-state index contributed by atoms with van der Waals surface area (Å²) in [6.07, 6.45) is 0.124. The Labute approximate surface area is 108 Å². The van der Waals surface area contributed by atoms with Crippen LogP contribution in [0.3, 0.4) is 0 Å². The van der Waals surface area contributed by atoms with Gasteiger partial charge in [0.1, 0.15) is 0 Å². The van der Waals surface area contributed by atoms with Crippen molar-refractivity contribution < 1.29 is 9.90 Å². The molecule has 0 spiro atoms. The fourth-order valence-electron chi connectivity index (χ4n) is 1.73. The number of hydrogen-bond donors (Lipinski definition) is 1. The van der Waals surface area contributed by atoms with Gasteiger partial charge >= 0.3 is 5.97 Å². The van der Waals surface area contributed by atoms with Crippen molar-refractivity contribution in [2.75, 3.05) is 0 Å². The smallest absolute Gasteiger partial charge is 0.307 e. The fraction of sp³-hybridized carbons (Fsp3) is 0.643. The summed E-state index contributed by atoms with van der Waals surface area (Å²) in [6.45, 7) is 12.9. The van der Waals surface area contributed by atoms with E-state index in [2.05, 4.69) is 47.6 Å². The first-order valence-electron chi connectivity index (χ1n) is 5.87. The molecule has 0 saturated heterocycles. The molecule has 1 rings (SSSR count). The third-order valence-electron chi connectivity index (χ3n) is 2.57. The van der Waals surface area contributed by atoms with Crippen molar-refractivity contribution in [3.05, 3.63) is 21.4 Å². The normalized spacial score (nSPS) is 12.8. The number of thiophene rings is 1. The van der Waals surface area contributed by atoms with Crippen molar-refractivity contribution in [2.45, 2.75) is 58.8 Å². The van der Waals surface area contributed by atoms with E-state index in [1.807, 2.05) is 0 Å². The number of hydrogen-bond acceptors (Lipinski definition) is 2. The lowest BCUT2D eigenvalue weighted by atomic mass is 9.89. The van der Waals surface area contributed by atoms with Crippen molar-refractivity contribution in [2.24, 2.45) is 0 Å². The maximum absolute atomic E-state index is 10.9. The Morgan fingerprint density at radius 2 is 1.71 bits per heavy atom. The second-order valence-electron chi connectivity index (χ2n) is 6.54. The first-order valence-corrected chi connectivity index (χ1v) is 6.69. The molecule has 0 radical (unpaired) electrons. The van der Waals surface area contributed by atoms with Gasteiger partial charge < -0.3 is 5.11 Å². The highest BCUT2D eigenvalue weighted by molar-refractivity contribution is 7.12. The molecule has 96 valence electrons. The number of rotatable bonds is 2. The number of carboxylic acids is 1. The van der Waals surface area contributed by atoms with Crippen LogP contribution in [0, 0.1) is 0 Å². The molecule has 0 aromatic carbocycles. The van der Waals surface area contributed by atoms with Gasteiger partial charge in [-0.15, -0.1) is 11.3 Å². The minimum atomic E-state index is -0.756. The van der Waals surface area contributed by atoms with Crippen LogP contribution in [0.15, 0.2) is 6.07 Å². The van der Waals surface area contributed by atoms with E-state index in [9.17, 15) is 4.79 Å². The third kappa shape index (κ3) is 3.56. The van der Waals surface area contributed by atoms with E-state index in [1.54, 1.807) is 11.3 Å². The summed E-state index contributed by atoms with van der Waals surface area (Å²) < 4.78 is 0. The molecule has 0 bridgehead atoms. The Balaban J connectivity index is 3.27. The Morgan fingerprint density at radius 3 is 2.06 bits per heavy atom. The number of aliphatic carboxylic acids is 1. The lowest BCUT2D eigenvalue weighted by Gasteiger charge is -2.19. The molecule has 17 heavy (non-hydrogen) atoms. The molecule has 0 aliphatic carbocycles. The average Bonchev–Trinajstić information content (AvgIpc) is 2.44. The molecule has 0 saturated carbocycles. The zero-order valence-corrected chi connectivity index (χ0v) is 12.4. The van der Waals surface area contributed by atoms with Crippen LogP contribution >= 0.6 is 11.3 Å². The van der Waals surface area contributed by atoms with Gasteiger partial charge in [0.15, 0.2) is 0 Å². The average molecular weight is 254 g/mol. The fourth-order valence-corrected chi connectivity index (χ4v) is 3.02.